The molecule has 0 aliphatic carbocycles. The van der Waals surface area contributed by atoms with E-state index >= 15 is 0 Å². The molecular formula is C20H29F2N5O. The molecule has 0 saturated carbocycles. The van der Waals surface area contributed by atoms with Gasteiger partial charge in [0.25, 0.3) is 5.92 Å². The zero-order chi connectivity index (χ0) is 20.4. The topological polar surface area (TPSA) is 70.1 Å². The van der Waals surface area contributed by atoms with Crippen LogP contribution in [0.5, 0.6) is 0 Å². The SMILES string of the molecule is CNC(=O)NCc1cccc(C(C)(F)F)c1.[HH].c1cnnc(N2CCCCC2)c1. The van der Waals surface area contributed by atoms with Gasteiger partial charge in [0.15, 0.2) is 5.82 Å². The molecule has 8 heteroatoms. The van der Waals surface area contributed by atoms with Gasteiger partial charge in [-0.05, 0) is 43.0 Å². The highest BCUT2D eigenvalue weighted by molar-refractivity contribution is 5.73. The Kier molecular flexibility index (Phi) is 8.10. The van der Waals surface area contributed by atoms with Gasteiger partial charge in [-0.15, -0.1) is 5.10 Å². The second-order valence-electron chi connectivity index (χ2n) is 6.65. The van der Waals surface area contributed by atoms with Crippen LogP contribution in [0, 0.1) is 0 Å². The Hall–Kier alpha value is -2.77. The van der Waals surface area contributed by atoms with E-state index in [1.54, 1.807) is 18.3 Å². The minimum atomic E-state index is -2.86. The van der Waals surface area contributed by atoms with E-state index in [-0.39, 0.29) is 19.6 Å². The number of benzene rings is 1. The number of rotatable bonds is 4. The molecule has 0 unspecified atom stereocenters. The maximum Gasteiger partial charge on any atom is 0.314 e. The van der Waals surface area contributed by atoms with Crippen LogP contribution in [0.1, 0.15) is 38.7 Å². The summed E-state index contributed by atoms with van der Waals surface area (Å²) < 4.78 is 26.0. The zero-order valence-electron chi connectivity index (χ0n) is 16.3. The van der Waals surface area contributed by atoms with Gasteiger partial charge in [0.2, 0.25) is 0 Å². The van der Waals surface area contributed by atoms with Crippen molar-refractivity contribution in [3.8, 4) is 0 Å². The maximum absolute atomic E-state index is 13.0. The quantitative estimate of drug-likeness (QED) is 0.825. The van der Waals surface area contributed by atoms with Crippen LogP contribution in [0.25, 0.3) is 0 Å². The first-order valence-electron chi connectivity index (χ1n) is 9.35. The van der Waals surface area contributed by atoms with Crippen molar-refractivity contribution in [2.24, 2.45) is 0 Å². The van der Waals surface area contributed by atoms with E-state index in [2.05, 4.69) is 25.7 Å². The lowest BCUT2D eigenvalue weighted by Crippen LogP contribution is -2.32. The van der Waals surface area contributed by atoms with Gasteiger partial charge >= 0.3 is 6.03 Å². The Balaban J connectivity index is 0.000000289. The summed E-state index contributed by atoms with van der Waals surface area (Å²) in [5.41, 5.74) is 0.589. The van der Waals surface area contributed by atoms with Gasteiger partial charge in [0, 0.05) is 46.8 Å². The summed E-state index contributed by atoms with van der Waals surface area (Å²) in [4.78, 5) is 13.2. The molecule has 2 heterocycles. The number of nitrogens with one attached hydrogen (secondary N) is 2. The molecule has 0 radical (unpaired) electrons. The third-order valence-corrected chi connectivity index (χ3v) is 4.35. The molecule has 1 saturated heterocycles. The van der Waals surface area contributed by atoms with E-state index in [1.165, 1.54) is 38.4 Å². The number of urea groups is 1. The number of carbonyl (C=O) groups is 1. The van der Waals surface area contributed by atoms with Crippen LogP contribution >= 0.6 is 0 Å². The Morgan fingerprint density at radius 2 is 1.96 bits per heavy atom. The monoisotopic (exact) mass is 393 g/mol. The largest absolute Gasteiger partial charge is 0.355 e. The normalized spacial score (nSPS) is 13.9. The van der Waals surface area contributed by atoms with Crippen LogP contribution in [0.4, 0.5) is 19.4 Å². The van der Waals surface area contributed by atoms with E-state index in [9.17, 15) is 13.6 Å². The number of hydrogen-bond donors (Lipinski definition) is 2. The average Bonchev–Trinajstić information content (AvgIpc) is 2.73. The number of hydrogen-bond acceptors (Lipinski definition) is 4. The number of halogens is 2. The maximum atomic E-state index is 13.0. The van der Waals surface area contributed by atoms with Gasteiger partial charge in [0.05, 0.1) is 0 Å². The first kappa shape index (κ1) is 21.5. The molecule has 0 bridgehead atoms. The average molecular weight is 393 g/mol. The van der Waals surface area contributed by atoms with Crippen LogP contribution in [0.15, 0.2) is 42.6 Å². The van der Waals surface area contributed by atoms with Crippen LogP contribution < -0.4 is 15.5 Å². The summed E-state index contributed by atoms with van der Waals surface area (Å²) >= 11 is 0. The Morgan fingerprint density at radius 3 is 2.57 bits per heavy atom. The second kappa shape index (κ2) is 10.5. The first-order valence-corrected chi connectivity index (χ1v) is 9.35. The fraction of sp³-hybridized carbons (Fsp3) is 0.450. The smallest absolute Gasteiger partial charge is 0.314 e. The van der Waals surface area contributed by atoms with Gasteiger partial charge in [-0.25, -0.2) is 13.6 Å². The molecule has 1 aliphatic rings. The van der Waals surface area contributed by atoms with E-state index < -0.39 is 5.92 Å². The van der Waals surface area contributed by atoms with Crippen molar-refractivity contribution in [2.45, 2.75) is 38.7 Å². The molecule has 2 N–H and O–H groups in total. The van der Waals surface area contributed by atoms with Crippen molar-refractivity contribution in [1.82, 2.24) is 20.8 Å². The van der Waals surface area contributed by atoms with Crippen LogP contribution in [0.3, 0.4) is 0 Å². The fourth-order valence-corrected chi connectivity index (χ4v) is 2.81. The molecular weight excluding hydrogens is 364 g/mol. The number of alkyl halides is 2. The predicted molar refractivity (Wildman–Crippen MR) is 108 cm³/mol. The minimum absolute atomic E-state index is 0. The van der Waals surface area contributed by atoms with Gasteiger partial charge in [-0.3, -0.25) is 0 Å². The molecule has 154 valence electrons. The van der Waals surface area contributed by atoms with Gasteiger partial charge < -0.3 is 15.5 Å². The molecule has 1 fully saturated rings. The third kappa shape index (κ3) is 7.09. The van der Waals surface area contributed by atoms with E-state index in [4.69, 9.17) is 0 Å². The van der Waals surface area contributed by atoms with Gasteiger partial charge in [-0.2, -0.15) is 5.10 Å². The number of anilines is 1. The van der Waals surface area contributed by atoms with Crippen LogP contribution in [0.2, 0.25) is 0 Å². The van der Waals surface area contributed by atoms with Crippen LogP contribution in [-0.2, 0) is 12.5 Å². The molecule has 3 rings (SSSR count). The number of nitrogens with zero attached hydrogens (tertiary/aromatic N) is 3. The summed E-state index contributed by atoms with van der Waals surface area (Å²) in [7, 11) is 1.49. The second-order valence-corrected chi connectivity index (χ2v) is 6.65. The van der Waals surface area contributed by atoms with Crippen molar-refractivity contribution in [2.75, 3.05) is 25.0 Å². The zero-order valence-corrected chi connectivity index (χ0v) is 16.3. The molecule has 0 atom stereocenters. The summed E-state index contributed by atoms with van der Waals surface area (Å²) in [5, 5.41) is 12.9. The first-order chi connectivity index (χ1) is 13.4. The number of aromatic nitrogens is 2. The Labute approximate surface area is 165 Å². The van der Waals surface area contributed by atoms with Crippen molar-refractivity contribution >= 4 is 11.8 Å². The number of carbonyl (C=O) groups excluding carboxylic acids is 1. The van der Waals surface area contributed by atoms with Crippen molar-refractivity contribution in [1.29, 1.82) is 0 Å². The molecule has 1 aromatic carbocycles. The van der Waals surface area contributed by atoms with Gasteiger partial charge in [0.1, 0.15) is 0 Å². The highest BCUT2D eigenvalue weighted by Crippen LogP contribution is 2.27. The minimum Gasteiger partial charge on any atom is -0.355 e. The fourth-order valence-electron chi connectivity index (χ4n) is 2.81. The van der Waals surface area contributed by atoms with E-state index in [1.807, 2.05) is 12.1 Å². The summed E-state index contributed by atoms with van der Waals surface area (Å²) in [6.07, 6.45) is 5.65. The van der Waals surface area contributed by atoms with Gasteiger partial charge in [-0.1, -0.05) is 18.2 Å². The molecule has 1 aliphatic heterocycles. The lowest BCUT2D eigenvalue weighted by Gasteiger charge is -2.26. The molecule has 0 spiro atoms. The lowest BCUT2D eigenvalue weighted by molar-refractivity contribution is 0.0174. The number of amides is 2. The highest BCUT2D eigenvalue weighted by atomic mass is 19.3. The summed E-state index contributed by atoms with van der Waals surface area (Å²) in [5.74, 6) is -1.83. The summed E-state index contributed by atoms with van der Waals surface area (Å²) in [6.45, 7) is 3.35. The van der Waals surface area contributed by atoms with Crippen molar-refractivity contribution in [3.63, 3.8) is 0 Å². The van der Waals surface area contributed by atoms with E-state index in [0.29, 0.717) is 5.56 Å². The van der Waals surface area contributed by atoms with E-state index in [0.717, 1.165) is 25.8 Å². The van der Waals surface area contributed by atoms with Crippen molar-refractivity contribution in [3.05, 3.63) is 53.7 Å². The van der Waals surface area contributed by atoms with Crippen LogP contribution in [-0.4, -0.2) is 36.4 Å². The predicted octanol–water partition coefficient (Wildman–Crippen LogP) is 3.94. The molecule has 2 amide bonds. The Bertz CT molecular complexity index is 737. The molecule has 6 nitrogen and oxygen atoms in total. The Morgan fingerprint density at radius 1 is 1.21 bits per heavy atom. The standard InChI is InChI=1S/C11H14F2N2O.C9H13N3.H2/c1-11(12,13)9-5-3-4-8(6-9)7-15-10(16)14-2;1-2-7-12(8-3-1)9-5-4-6-10-11-9;/h3-6H,7H2,1-2H3,(H2,14,15,16);4-6H,1-3,7-8H2;1H. The molecule has 1 aromatic heterocycles. The lowest BCUT2D eigenvalue weighted by atomic mass is 10.1. The highest BCUT2D eigenvalue weighted by Gasteiger charge is 2.24. The van der Waals surface area contributed by atoms with Crippen molar-refractivity contribution < 1.29 is 15.0 Å². The summed E-state index contributed by atoms with van der Waals surface area (Å²) in [6, 6.07) is 9.61. The third-order valence-electron chi connectivity index (χ3n) is 4.35. The molecule has 2 aromatic rings. The molecule has 28 heavy (non-hydrogen) atoms. The number of piperidine rings is 1.